The van der Waals surface area contributed by atoms with E-state index in [-0.39, 0.29) is 6.54 Å². The molecule has 0 bridgehead atoms. The van der Waals surface area contributed by atoms with Gasteiger partial charge in [0.15, 0.2) is 0 Å². The Bertz CT molecular complexity index is 882. The van der Waals surface area contributed by atoms with E-state index in [4.69, 9.17) is 0 Å². The van der Waals surface area contributed by atoms with Gasteiger partial charge in [-0.3, -0.25) is 14.6 Å². The highest BCUT2D eigenvalue weighted by Gasteiger charge is 2.23. The first-order valence-corrected chi connectivity index (χ1v) is 7.35. The van der Waals surface area contributed by atoms with Crippen LogP contribution in [0.4, 0.5) is 0 Å². The van der Waals surface area contributed by atoms with Crippen molar-refractivity contribution in [2.24, 2.45) is 7.05 Å². The molecule has 23 heavy (non-hydrogen) atoms. The van der Waals surface area contributed by atoms with Crippen molar-refractivity contribution in [3.8, 4) is 0 Å². The summed E-state index contributed by atoms with van der Waals surface area (Å²) in [6.07, 6.45) is 3.32. The highest BCUT2D eigenvalue weighted by molar-refractivity contribution is 6.45. The van der Waals surface area contributed by atoms with E-state index >= 15 is 0 Å². The Morgan fingerprint density at radius 1 is 1.17 bits per heavy atom. The minimum atomic E-state index is -0.603. The van der Waals surface area contributed by atoms with Crippen molar-refractivity contribution in [2.75, 3.05) is 0 Å². The zero-order valence-electron chi connectivity index (χ0n) is 13.0. The number of nitrogens with one attached hydrogen (secondary N) is 1. The summed E-state index contributed by atoms with van der Waals surface area (Å²) in [5, 5.41) is 3.46. The van der Waals surface area contributed by atoms with Crippen LogP contribution in [-0.2, 0) is 18.4 Å². The summed E-state index contributed by atoms with van der Waals surface area (Å²) < 4.78 is 1.93. The van der Waals surface area contributed by atoms with E-state index in [9.17, 15) is 9.59 Å². The zero-order chi connectivity index (χ0) is 16.4. The molecule has 0 radical (unpaired) electrons. The zero-order valence-corrected chi connectivity index (χ0v) is 13.0. The molecule has 0 unspecified atom stereocenters. The van der Waals surface area contributed by atoms with Crippen LogP contribution in [0.25, 0.3) is 10.9 Å². The van der Waals surface area contributed by atoms with Crippen molar-refractivity contribution >= 4 is 22.6 Å². The summed E-state index contributed by atoms with van der Waals surface area (Å²) in [4.78, 5) is 28.8. The van der Waals surface area contributed by atoms with Crippen LogP contribution in [0.15, 0.2) is 48.8 Å². The third-order valence-corrected chi connectivity index (χ3v) is 4.01. The summed E-state index contributed by atoms with van der Waals surface area (Å²) in [5.74, 6) is -1.11. The Morgan fingerprint density at radius 2 is 1.96 bits per heavy atom. The van der Waals surface area contributed by atoms with Crippen LogP contribution in [0.2, 0.25) is 0 Å². The fourth-order valence-electron chi connectivity index (χ4n) is 2.69. The SMILES string of the molecule is Cc1c(C(=O)C(=O)NCc2cccnc2)c2ccccc2n1C. The number of nitrogens with zero attached hydrogens (tertiary/aromatic N) is 2. The molecule has 0 fully saturated rings. The minimum absolute atomic E-state index is 0.280. The summed E-state index contributed by atoms with van der Waals surface area (Å²) in [6, 6.07) is 11.2. The van der Waals surface area contributed by atoms with Crippen LogP contribution in [0, 0.1) is 6.92 Å². The molecule has 3 rings (SSSR count). The van der Waals surface area contributed by atoms with E-state index < -0.39 is 11.7 Å². The van der Waals surface area contributed by atoms with Gasteiger partial charge in [0.25, 0.3) is 11.7 Å². The molecule has 0 aliphatic heterocycles. The highest BCUT2D eigenvalue weighted by Crippen LogP contribution is 2.25. The maximum atomic E-state index is 12.6. The van der Waals surface area contributed by atoms with Gasteiger partial charge < -0.3 is 9.88 Å². The van der Waals surface area contributed by atoms with Crippen LogP contribution in [0.5, 0.6) is 0 Å². The predicted octanol–water partition coefficient (Wildman–Crippen LogP) is 2.38. The van der Waals surface area contributed by atoms with Crippen molar-refractivity contribution in [1.29, 1.82) is 0 Å². The minimum Gasteiger partial charge on any atom is -0.347 e. The molecule has 2 heterocycles. The maximum absolute atomic E-state index is 12.6. The number of rotatable bonds is 4. The largest absolute Gasteiger partial charge is 0.347 e. The van der Waals surface area contributed by atoms with Gasteiger partial charge in [0.2, 0.25) is 0 Å². The van der Waals surface area contributed by atoms with Gasteiger partial charge in [-0.1, -0.05) is 24.3 Å². The third kappa shape index (κ3) is 2.73. The quantitative estimate of drug-likeness (QED) is 0.594. The number of fused-ring (bicyclic) bond motifs is 1. The molecule has 1 N–H and O–H groups in total. The number of amides is 1. The summed E-state index contributed by atoms with van der Waals surface area (Å²) in [7, 11) is 1.89. The second kappa shape index (κ2) is 6.04. The number of aromatic nitrogens is 2. The van der Waals surface area contributed by atoms with Gasteiger partial charge in [-0.25, -0.2) is 0 Å². The van der Waals surface area contributed by atoms with Crippen LogP contribution in [0.3, 0.4) is 0 Å². The second-order valence-corrected chi connectivity index (χ2v) is 5.41. The molecule has 0 saturated heterocycles. The fraction of sp³-hybridized carbons (Fsp3) is 0.167. The Labute approximate surface area is 134 Å². The first-order chi connectivity index (χ1) is 11.1. The lowest BCUT2D eigenvalue weighted by Gasteiger charge is -2.05. The normalized spacial score (nSPS) is 10.7. The molecule has 3 aromatic rings. The maximum Gasteiger partial charge on any atom is 0.292 e. The van der Waals surface area contributed by atoms with E-state index in [1.807, 2.05) is 48.9 Å². The van der Waals surface area contributed by atoms with Gasteiger partial charge in [0, 0.05) is 42.6 Å². The van der Waals surface area contributed by atoms with Crippen LogP contribution >= 0.6 is 0 Å². The van der Waals surface area contributed by atoms with E-state index in [1.165, 1.54) is 0 Å². The third-order valence-electron chi connectivity index (χ3n) is 4.01. The topological polar surface area (TPSA) is 64.0 Å². The standard InChI is InChI=1S/C18H17N3O2/c1-12-16(14-7-3-4-8-15(14)21(12)2)17(22)18(23)20-11-13-6-5-9-19-10-13/h3-10H,11H2,1-2H3,(H,20,23). The number of carbonyl (C=O) groups excluding carboxylic acids is 2. The number of benzene rings is 1. The molecule has 116 valence electrons. The molecule has 0 aliphatic rings. The van der Waals surface area contributed by atoms with Gasteiger partial charge in [0.05, 0.1) is 5.56 Å². The lowest BCUT2D eigenvalue weighted by Crippen LogP contribution is -2.31. The number of pyridine rings is 1. The smallest absolute Gasteiger partial charge is 0.292 e. The van der Waals surface area contributed by atoms with Crippen molar-refractivity contribution < 1.29 is 9.59 Å². The van der Waals surface area contributed by atoms with Crippen molar-refractivity contribution in [1.82, 2.24) is 14.9 Å². The van der Waals surface area contributed by atoms with Gasteiger partial charge in [0.1, 0.15) is 0 Å². The first kappa shape index (κ1) is 15.0. The Balaban J connectivity index is 1.86. The van der Waals surface area contributed by atoms with Gasteiger partial charge >= 0.3 is 0 Å². The number of carbonyl (C=O) groups is 2. The number of ketones is 1. The Morgan fingerprint density at radius 3 is 2.70 bits per heavy atom. The fourth-order valence-corrected chi connectivity index (χ4v) is 2.69. The van der Waals surface area contributed by atoms with E-state index in [0.717, 1.165) is 22.2 Å². The van der Waals surface area contributed by atoms with Crippen molar-refractivity contribution in [2.45, 2.75) is 13.5 Å². The van der Waals surface area contributed by atoms with Crippen molar-refractivity contribution in [3.05, 3.63) is 65.6 Å². The average molecular weight is 307 g/mol. The molecule has 0 saturated carbocycles. The van der Waals surface area contributed by atoms with Gasteiger partial charge in [-0.2, -0.15) is 0 Å². The number of para-hydroxylation sites is 1. The predicted molar refractivity (Wildman–Crippen MR) is 88.1 cm³/mol. The van der Waals surface area contributed by atoms with Gasteiger partial charge in [-0.05, 0) is 24.6 Å². The molecular formula is C18H17N3O2. The molecule has 1 amide bonds. The molecule has 5 nitrogen and oxygen atoms in total. The summed E-state index contributed by atoms with van der Waals surface area (Å²) in [5.41, 5.74) is 3.04. The molecule has 0 spiro atoms. The molecule has 1 aromatic carbocycles. The van der Waals surface area contributed by atoms with Crippen molar-refractivity contribution in [3.63, 3.8) is 0 Å². The lowest BCUT2D eigenvalue weighted by molar-refractivity contribution is -0.117. The van der Waals surface area contributed by atoms with Crippen LogP contribution in [0.1, 0.15) is 21.6 Å². The Kier molecular flexibility index (Phi) is 3.93. The Hall–Kier alpha value is -2.95. The van der Waals surface area contributed by atoms with Gasteiger partial charge in [-0.15, -0.1) is 0 Å². The number of hydrogen-bond donors (Lipinski definition) is 1. The molecule has 5 heteroatoms. The molecule has 0 atom stereocenters. The molecular weight excluding hydrogens is 290 g/mol. The second-order valence-electron chi connectivity index (χ2n) is 5.41. The number of aryl methyl sites for hydroxylation is 1. The number of Topliss-reactive ketones (excluding diaryl/α,β-unsaturated/α-hetero) is 1. The molecule has 2 aromatic heterocycles. The monoisotopic (exact) mass is 307 g/mol. The number of hydrogen-bond acceptors (Lipinski definition) is 3. The van der Waals surface area contributed by atoms with E-state index in [0.29, 0.717) is 5.56 Å². The lowest BCUT2D eigenvalue weighted by atomic mass is 10.1. The average Bonchev–Trinajstić information content (AvgIpc) is 2.84. The summed E-state index contributed by atoms with van der Waals surface area (Å²) >= 11 is 0. The molecule has 0 aliphatic carbocycles. The highest BCUT2D eigenvalue weighted by atomic mass is 16.2. The first-order valence-electron chi connectivity index (χ1n) is 7.35. The van der Waals surface area contributed by atoms with E-state index in [2.05, 4.69) is 10.3 Å². The van der Waals surface area contributed by atoms with Crippen LogP contribution in [-0.4, -0.2) is 21.2 Å². The summed E-state index contributed by atoms with van der Waals surface area (Å²) in [6.45, 7) is 2.13. The van der Waals surface area contributed by atoms with Crippen LogP contribution < -0.4 is 5.32 Å². The van der Waals surface area contributed by atoms with E-state index in [1.54, 1.807) is 18.5 Å².